The second-order valence-electron chi connectivity index (χ2n) is 7.10. The van der Waals surface area contributed by atoms with Gasteiger partial charge in [-0.25, -0.2) is 8.42 Å². The minimum atomic E-state index is -3.58. The van der Waals surface area contributed by atoms with Gasteiger partial charge in [-0.2, -0.15) is 4.31 Å². The number of sulfonamides is 1. The largest absolute Gasteiger partial charge is 0.396 e. The highest BCUT2D eigenvalue weighted by Crippen LogP contribution is 2.42. The molecule has 24 heavy (non-hydrogen) atoms. The maximum Gasteiger partial charge on any atom is 0.243 e. The van der Waals surface area contributed by atoms with E-state index in [0.717, 1.165) is 19.4 Å². The number of nitrogens with zero attached hydrogens (tertiary/aromatic N) is 2. The predicted molar refractivity (Wildman–Crippen MR) is 94.7 cm³/mol. The third-order valence-corrected chi connectivity index (χ3v) is 8.23. The van der Waals surface area contributed by atoms with Crippen LogP contribution in [0, 0.1) is 12.3 Å². The summed E-state index contributed by atoms with van der Waals surface area (Å²) in [6.45, 7) is 3.66. The van der Waals surface area contributed by atoms with Crippen LogP contribution in [0.4, 0.5) is 0 Å². The van der Waals surface area contributed by atoms with Gasteiger partial charge in [-0.05, 0) is 57.5 Å². The second-order valence-corrected chi connectivity index (χ2v) is 9.41. The standard InChI is InChI=1S/C17H25ClN2O3S/c1-13-14(18)5-3-6-15(13)24(22,23)20-10-8-17(12-21)7-4-9-19(2)16(17)11-20/h3,5-6,16,21H,4,7-12H2,1-2H3/t16-,17-/m1/s1. The maximum absolute atomic E-state index is 13.1. The van der Waals surface area contributed by atoms with E-state index in [1.807, 2.05) is 7.05 Å². The Balaban J connectivity index is 1.92. The molecule has 1 N–H and O–H groups in total. The van der Waals surface area contributed by atoms with E-state index >= 15 is 0 Å². The molecular formula is C17H25ClN2O3S. The predicted octanol–water partition coefficient (Wildman–Crippen LogP) is 2.12. The van der Waals surface area contributed by atoms with Crippen LogP contribution in [0.3, 0.4) is 0 Å². The van der Waals surface area contributed by atoms with Crippen LogP contribution in [-0.2, 0) is 10.0 Å². The average Bonchev–Trinajstić information content (AvgIpc) is 2.57. The van der Waals surface area contributed by atoms with Gasteiger partial charge in [-0.1, -0.05) is 17.7 Å². The lowest BCUT2D eigenvalue weighted by molar-refractivity contribution is -0.0508. The maximum atomic E-state index is 13.1. The van der Waals surface area contributed by atoms with Crippen LogP contribution >= 0.6 is 11.6 Å². The van der Waals surface area contributed by atoms with Gasteiger partial charge in [0.1, 0.15) is 0 Å². The van der Waals surface area contributed by atoms with Crippen molar-refractivity contribution in [3.8, 4) is 0 Å². The third-order valence-electron chi connectivity index (χ3n) is 5.81. The van der Waals surface area contributed by atoms with Gasteiger partial charge in [0.2, 0.25) is 10.0 Å². The molecule has 0 radical (unpaired) electrons. The molecule has 0 aromatic heterocycles. The van der Waals surface area contributed by atoms with E-state index in [-0.39, 0.29) is 23.0 Å². The lowest BCUT2D eigenvalue weighted by Gasteiger charge is -2.53. The summed E-state index contributed by atoms with van der Waals surface area (Å²) in [5.74, 6) is 0. The molecule has 0 spiro atoms. The Morgan fingerprint density at radius 3 is 2.79 bits per heavy atom. The molecule has 0 aliphatic carbocycles. The number of aliphatic hydroxyl groups is 1. The van der Waals surface area contributed by atoms with Crippen LogP contribution in [0.1, 0.15) is 24.8 Å². The summed E-state index contributed by atoms with van der Waals surface area (Å²) in [5, 5.41) is 10.4. The highest BCUT2D eigenvalue weighted by atomic mass is 35.5. The Morgan fingerprint density at radius 2 is 2.08 bits per heavy atom. The molecule has 3 rings (SSSR count). The Bertz CT molecular complexity index is 725. The number of piperidine rings is 2. The number of likely N-dealkylation sites (tertiary alicyclic amines) is 1. The summed E-state index contributed by atoms with van der Waals surface area (Å²) in [7, 11) is -1.56. The normalized spacial score (nSPS) is 29.4. The van der Waals surface area contributed by atoms with E-state index in [1.165, 1.54) is 0 Å². The number of hydrogen-bond acceptors (Lipinski definition) is 4. The Hall–Kier alpha value is -0.660. The SMILES string of the molecule is Cc1c(Cl)cccc1S(=O)(=O)N1CC[C@@]2(CO)CCCN(C)[C@@H]2C1. The fourth-order valence-corrected chi connectivity index (χ4v) is 6.14. The fourth-order valence-electron chi connectivity index (χ4n) is 4.21. The number of rotatable bonds is 3. The topological polar surface area (TPSA) is 60.9 Å². The number of benzene rings is 1. The molecule has 0 unspecified atom stereocenters. The molecule has 5 nitrogen and oxygen atoms in total. The summed E-state index contributed by atoms with van der Waals surface area (Å²) in [4.78, 5) is 2.48. The molecule has 1 aromatic rings. The van der Waals surface area contributed by atoms with E-state index in [2.05, 4.69) is 4.90 Å². The first-order chi connectivity index (χ1) is 11.3. The lowest BCUT2D eigenvalue weighted by Crippen LogP contribution is -2.62. The zero-order valence-electron chi connectivity index (χ0n) is 14.2. The fraction of sp³-hybridized carbons (Fsp3) is 0.647. The second kappa shape index (κ2) is 6.57. The molecular weight excluding hydrogens is 348 g/mol. The van der Waals surface area contributed by atoms with Gasteiger partial charge < -0.3 is 10.0 Å². The van der Waals surface area contributed by atoms with Gasteiger partial charge in [0.15, 0.2) is 0 Å². The molecule has 1 aromatic carbocycles. The molecule has 2 heterocycles. The Morgan fingerprint density at radius 1 is 1.33 bits per heavy atom. The lowest BCUT2D eigenvalue weighted by atomic mass is 9.69. The van der Waals surface area contributed by atoms with Gasteiger partial charge in [0, 0.05) is 29.6 Å². The van der Waals surface area contributed by atoms with Gasteiger partial charge in [0.25, 0.3) is 0 Å². The summed E-state index contributed by atoms with van der Waals surface area (Å²) < 4.78 is 27.8. The van der Waals surface area contributed by atoms with Crippen LogP contribution in [-0.4, -0.2) is 62.1 Å². The summed E-state index contributed by atoms with van der Waals surface area (Å²) in [6, 6.07) is 5.06. The number of halogens is 1. The minimum Gasteiger partial charge on any atom is -0.396 e. The molecule has 2 fully saturated rings. The van der Waals surface area contributed by atoms with Gasteiger partial charge >= 0.3 is 0 Å². The molecule has 134 valence electrons. The number of fused-ring (bicyclic) bond motifs is 1. The van der Waals surface area contributed by atoms with Crippen molar-refractivity contribution in [2.24, 2.45) is 5.41 Å². The summed E-state index contributed by atoms with van der Waals surface area (Å²) >= 11 is 6.11. The van der Waals surface area contributed by atoms with E-state index in [4.69, 9.17) is 11.6 Å². The van der Waals surface area contributed by atoms with Gasteiger partial charge in [0.05, 0.1) is 11.5 Å². The first kappa shape index (κ1) is 18.1. The highest BCUT2D eigenvalue weighted by Gasteiger charge is 2.48. The van der Waals surface area contributed by atoms with Crippen LogP contribution in [0.2, 0.25) is 5.02 Å². The van der Waals surface area contributed by atoms with E-state index in [1.54, 1.807) is 29.4 Å². The van der Waals surface area contributed by atoms with E-state index < -0.39 is 10.0 Å². The molecule has 0 bridgehead atoms. The van der Waals surface area contributed by atoms with Crippen LogP contribution in [0.5, 0.6) is 0 Å². The van der Waals surface area contributed by atoms with Crippen molar-refractivity contribution in [1.29, 1.82) is 0 Å². The molecule has 2 aliphatic heterocycles. The smallest absolute Gasteiger partial charge is 0.243 e. The number of hydrogen-bond donors (Lipinski definition) is 1. The van der Waals surface area contributed by atoms with Crippen LogP contribution in [0.15, 0.2) is 23.1 Å². The zero-order valence-corrected chi connectivity index (χ0v) is 15.8. The van der Waals surface area contributed by atoms with Crippen molar-refractivity contribution in [1.82, 2.24) is 9.21 Å². The first-order valence-corrected chi connectivity index (χ1v) is 10.2. The summed E-state index contributed by atoms with van der Waals surface area (Å²) in [6.07, 6.45) is 2.70. The minimum absolute atomic E-state index is 0.0549. The van der Waals surface area contributed by atoms with Crippen LogP contribution in [0.25, 0.3) is 0 Å². The Labute approximate surface area is 149 Å². The molecule has 2 saturated heterocycles. The molecule has 7 heteroatoms. The monoisotopic (exact) mass is 372 g/mol. The van der Waals surface area contributed by atoms with Crippen molar-refractivity contribution in [3.05, 3.63) is 28.8 Å². The Kier molecular flexibility index (Phi) is 4.97. The first-order valence-electron chi connectivity index (χ1n) is 8.38. The summed E-state index contributed by atoms with van der Waals surface area (Å²) in [5.41, 5.74) is 0.415. The van der Waals surface area contributed by atoms with E-state index in [9.17, 15) is 13.5 Å². The van der Waals surface area contributed by atoms with Gasteiger partial charge in [-0.15, -0.1) is 0 Å². The third kappa shape index (κ3) is 2.88. The van der Waals surface area contributed by atoms with Crippen LogP contribution < -0.4 is 0 Å². The van der Waals surface area contributed by atoms with Crippen molar-refractivity contribution < 1.29 is 13.5 Å². The molecule has 2 aliphatic rings. The average molecular weight is 373 g/mol. The molecule has 0 amide bonds. The quantitative estimate of drug-likeness (QED) is 0.882. The van der Waals surface area contributed by atoms with Crippen molar-refractivity contribution in [3.63, 3.8) is 0 Å². The van der Waals surface area contributed by atoms with Crippen molar-refractivity contribution in [2.75, 3.05) is 33.3 Å². The number of likely N-dealkylation sites (N-methyl/N-ethyl adjacent to an activating group) is 1. The highest BCUT2D eigenvalue weighted by molar-refractivity contribution is 7.89. The van der Waals surface area contributed by atoms with Crippen molar-refractivity contribution >= 4 is 21.6 Å². The molecule has 2 atom stereocenters. The van der Waals surface area contributed by atoms with Gasteiger partial charge in [-0.3, -0.25) is 0 Å². The zero-order chi connectivity index (χ0) is 17.5. The number of aliphatic hydroxyl groups excluding tert-OH is 1. The molecule has 0 saturated carbocycles. The van der Waals surface area contributed by atoms with E-state index in [0.29, 0.717) is 30.1 Å². The van der Waals surface area contributed by atoms with Crippen molar-refractivity contribution in [2.45, 2.75) is 37.1 Å².